The Morgan fingerprint density at radius 2 is 1.64 bits per heavy atom. The highest BCUT2D eigenvalue weighted by Gasteiger charge is 2.23. The smallest absolute Gasteiger partial charge is 0.124 e. The first kappa shape index (κ1) is 14.1. The van der Waals surface area contributed by atoms with Crippen molar-refractivity contribution in [1.82, 2.24) is 0 Å². The van der Waals surface area contributed by atoms with E-state index in [1.165, 1.54) is 43.7 Å². The Hall–Kier alpha value is -1.52. The SMILES string of the molecule is C/N=C1\c2ccccc2-c2ccc(CN=C3SCCS3)cc21. The lowest BCUT2D eigenvalue weighted by atomic mass is 10.0. The summed E-state index contributed by atoms with van der Waals surface area (Å²) in [5.74, 6) is 2.38. The lowest BCUT2D eigenvalue weighted by molar-refractivity contribution is 1.08. The van der Waals surface area contributed by atoms with E-state index in [2.05, 4.69) is 47.5 Å². The maximum absolute atomic E-state index is 4.72. The highest BCUT2D eigenvalue weighted by molar-refractivity contribution is 8.41. The summed E-state index contributed by atoms with van der Waals surface area (Å²) in [5, 5.41) is 0. The molecule has 0 aromatic heterocycles. The van der Waals surface area contributed by atoms with Gasteiger partial charge in [-0.1, -0.05) is 59.9 Å². The lowest BCUT2D eigenvalue weighted by Crippen LogP contribution is -1.98. The molecule has 2 aliphatic rings. The van der Waals surface area contributed by atoms with E-state index in [0.29, 0.717) is 0 Å². The second kappa shape index (κ2) is 5.94. The van der Waals surface area contributed by atoms with Crippen molar-refractivity contribution in [1.29, 1.82) is 0 Å². The quantitative estimate of drug-likeness (QED) is 0.695. The summed E-state index contributed by atoms with van der Waals surface area (Å²) in [6.07, 6.45) is 0. The van der Waals surface area contributed by atoms with Crippen molar-refractivity contribution >= 4 is 33.6 Å². The Balaban J connectivity index is 1.70. The molecule has 0 radical (unpaired) electrons. The van der Waals surface area contributed by atoms with Crippen LogP contribution in [0.4, 0.5) is 0 Å². The van der Waals surface area contributed by atoms with Crippen LogP contribution in [0.25, 0.3) is 11.1 Å². The summed E-state index contributed by atoms with van der Waals surface area (Å²) >= 11 is 3.74. The van der Waals surface area contributed by atoms with E-state index in [0.717, 1.165) is 12.3 Å². The first-order valence-electron chi connectivity index (χ1n) is 7.37. The summed E-state index contributed by atoms with van der Waals surface area (Å²) in [6, 6.07) is 15.2. The van der Waals surface area contributed by atoms with Crippen molar-refractivity contribution in [2.45, 2.75) is 6.54 Å². The van der Waals surface area contributed by atoms with E-state index in [1.807, 2.05) is 30.6 Å². The molecule has 0 spiro atoms. The highest BCUT2D eigenvalue weighted by atomic mass is 32.2. The van der Waals surface area contributed by atoms with Crippen LogP contribution in [0.2, 0.25) is 0 Å². The predicted octanol–water partition coefficient (Wildman–Crippen LogP) is 4.47. The Kier molecular flexibility index (Phi) is 3.80. The van der Waals surface area contributed by atoms with Gasteiger partial charge < -0.3 is 0 Å². The fourth-order valence-electron chi connectivity index (χ4n) is 2.98. The molecule has 4 rings (SSSR count). The van der Waals surface area contributed by atoms with Crippen molar-refractivity contribution in [3.05, 3.63) is 59.2 Å². The molecule has 1 fully saturated rings. The van der Waals surface area contributed by atoms with Crippen LogP contribution in [-0.4, -0.2) is 28.6 Å². The van der Waals surface area contributed by atoms with Crippen molar-refractivity contribution in [3.8, 4) is 11.1 Å². The minimum absolute atomic E-state index is 0.760. The van der Waals surface area contributed by atoms with Gasteiger partial charge in [-0.3, -0.25) is 9.98 Å². The zero-order chi connectivity index (χ0) is 14.9. The van der Waals surface area contributed by atoms with Crippen LogP contribution in [0.15, 0.2) is 52.4 Å². The van der Waals surface area contributed by atoms with Crippen LogP contribution >= 0.6 is 23.5 Å². The third-order valence-electron chi connectivity index (χ3n) is 3.96. The molecule has 0 N–H and O–H groups in total. The van der Waals surface area contributed by atoms with Gasteiger partial charge in [0.05, 0.1) is 12.3 Å². The van der Waals surface area contributed by atoms with Gasteiger partial charge in [0.1, 0.15) is 4.38 Å². The third-order valence-corrected chi connectivity index (χ3v) is 6.49. The van der Waals surface area contributed by atoms with Crippen LogP contribution in [0.1, 0.15) is 16.7 Å². The molecular formula is C18H16N2S2. The fraction of sp³-hybridized carbons (Fsp3) is 0.222. The number of thioether (sulfide) groups is 2. The molecule has 0 atom stereocenters. The summed E-state index contributed by atoms with van der Waals surface area (Å²) in [6.45, 7) is 0.760. The second-order valence-electron chi connectivity index (χ2n) is 5.28. The molecule has 22 heavy (non-hydrogen) atoms. The van der Waals surface area contributed by atoms with Gasteiger partial charge in [0.25, 0.3) is 0 Å². The summed E-state index contributed by atoms with van der Waals surface area (Å²) in [7, 11) is 1.87. The molecule has 1 saturated heterocycles. The number of rotatable bonds is 2. The molecule has 2 aromatic carbocycles. The first-order chi connectivity index (χ1) is 10.9. The molecule has 2 nitrogen and oxygen atoms in total. The van der Waals surface area contributed by atoms with Crippen molar-refractivity contribution in [3.63, 3.8) is 0 Å². The molecule has 1 heterocycles. The Morgan fingerprint density at radius 1 is 0.909 bits per heavy atom. The molecule has 1 aliphatic heterocycles. The van der Waals surface area contributed by atoms with E-state index in [4.69, 9.17) is 4.99 Å². The summed E-state index contributed by atoms with van der Waals surface area (Å²) in [4.78, 5) is 9.24. The minimum Gasteiger partial charge on any atom is -0.287 e. The van der Waals surface area contributed by atoms with E-state index >= 15 is 0 Å². The Morgan fingerprint density at radius 3 is 2.41 bits per heavy atom. The number of nitrogens with zero attached hydrogens (tertiary/aromatic N) is 2. The number of hydrogen-bond donors (Lipinski definition) is 0. The van der Waals surface area contributed by atoms with Gasteiger partial charge in [-0.25, -0.2) is 0 Å². The summed E-state index contributed by atoms with van der Waals surface area (Å²) < 4.78 is 1.23. The number of hydrogen-bond acceptors (Lipinski definition) is 4. The molecular weight excluding hydrogens is 308 g/mol. The molecule has 1 aliphatic carbocycles. The van der Waals surface area contributed by atoms with Crippen LogP contribution in [0.5, 0.6) is 0 Å². The average molecular weight is 324 g/mol. The average Bonchev–Trinajstić information content (AvgIpc) is 3.18. The standard InChI is InChI=1S/C18H16N2S2/c1-19-17-15-5-3-2-4-13(15)14-7-6-12(10-16(14)17)11-20-18-21-8-9-22-18/h2-7,10H,8-9,11H2,1H3/b19-17+. The van der Waals surface area contributed by atoms with Crippen molar-refractivity contribution < 1.29 is 0 Å². The lowest BCUT2D eigenvalue weighted by Gasteiger charge is -2.04. The summed E-state index contributed by atoms with van der Waals surface area (Å²) in [5.41, 5.74) is 7.42. The van der Waals surface area contributed by atoms with E-state index < -0.39 is 0 Å². The van der Waals surface area contributed by atoms with Crippen molar-refractivity contribution in [2.24, 2.45) is 9.98 Å². The third kappa shape index (κ3) is 2.40. The van der Waals surface area contributed by atoms with Gasteiger partial charge in [-0.15, -0.1) is 0 Å². The molecule has 0 unspecified atom stereocenters. The number of aliphatic imine (C=N–C) groups is 2. The second-order valence-corrected chi connectivity index (χ2v) is 7.70. The highest BCUT2D eigenvalue weighted by Crippen LogP contribution is 2.37. The molecule has 4 heteroatoms. The van der Waals surface area contributed by atoms with Gasteiger partial charge >= 0.3 is 0 Å². The van der Waals surface area contributed by atoms with Gasteiger partial charge in [0.2, 0.25) is 0 Å². The number of benzene rings is 2. The normalized spacial score (nSPS) is 17.7. The monoisotopic (exact) mass is 324 g/mol. The Labute approximate surface area is 139 Å². The maximum Gasteiger partial charge on any atom is 0.124 e. The van der Waals surface area contributed by atoms with Gasteiger partial charge in [0.15, 0.2) is 0 Å². The Bertz CT molecular complexity index is 785. The molecule has 110 valence electrons. The first-order valence-corrected chi connectivity index (χ1v) is 9.34. The van der Waals surface area contributed by atoms with Crippen LogP contribution in [-0.2, 0) is 6.54 Å². The topological polar surface area (TPSA) is 24.7 Å². The number of fused-ring (bicyclic) bond motifs is 3. The zero-order valence-corrected chi connectivity index (χ0v) is 14.0. The van der Waals surface area contributed by atoms with E-state index in [1.54, 1.807) is 0 Å². The van der Waals surface area contributed by atoms with E-state index in [9.17, 15) is 0 Å². The minimum atomic E-state index is 0.760. The van der Waals surface area contributed by atoms with Crippen LogP contribution in [0.3, 0.4) is 0 Å². The maximum atomic E-state index is 4.72. The molecule has 2 aromatic rings. The van der Waals surface area contributed by atoms with E-state index in [-0.39, 0.29) is 0 Å². The molecule has 0 amide bonds. The van der Waals surface area contributed by atoms with Gasteiger partial charge in [-0.2, -0.15) is 0 Å². The van der Waals surface area contributed by atoms with Gasteiger partial charge in [0, 0.05) is 29.7 Å². The molecule has 0 bridgehead atoms. The molecule has 0 saturated carbocycles. The largest absolute Gasteiger partial charge is 0.287 e. The zero-order valence-electron chi connectivity index (χ0n) is 12.4. The van der Waals surface area contributed by atoms with Crippen molar-refractivity contribution in [2.75, 3.05) is 18.6 Å². The predicted molar refractivity (Wildman–Crippen MR) is 99.5 cm³/mol. The fourth-order valence-corrected chi connectivity index (χ4v) is 5.14. The van der Waals surface area contributed by atoms with Crippen LogP contribution < -0.4 is 0 Å². The van der Waals surface area contributed by atoms with Gasteiger partial charge in [-0.05, 0) is 22.8 Å². The van der Waals surface area contributed by atoms with Crippen LogP contribution in [0, 0.1) is 0 Å².